The predicted molar refractivity (Wildman–Crippen MR) is 140 cm³/mol. The first kappa shape index (κ1) is 27.9. The number of rotatable bonds is 8. The zero-order valence-corrected chi connectivity index (χ0v) is 21.9. The summed E-state index contributed by atoms with van der Waals surface area (Å²) >= 11 is 0. The number of benzene rings is 2. The summed E-state index contributed by atoms with van der Waals surface area (Å²) in [4.78, 5) is 30.8. The first-order valence-electron chi connectivity index (χ1n) is 12.3. The number of carbonyl (C=O) groups excluding carboxylic acids is 1. The van der Waals surface area contributed by atoms with Gasteiger partial charge in [-0.2, -0.15) is 0 Å². The maximum absolute atomic E-state index is 15.0. The van der Waals surface area contributed by atoms with Crippen LogP contribution in [0.5, 0.6) is 5.75 Å². The van der Waals surface area contributed by atoms with Crippen LogP contribution in [0, 0.1) is 11.6 Å². The minimum absolute atomic E-state index is 0.0232. The van der Waals surface area contributed by atoms with E-state index >= 15 is 0 Å². The summed E-state index contributed by atoms with van der Waals surface area (Å²) in [5.41, 5.74) is 1.08. The normalized spacial score (nSPS) is 12.4. The van der Waals surface area contributed by atoms with Crippen LogP contribution >= 0.6 is 0 Å². The number of pyridine rings is 1. The molecule has 0 bridgehead atoms. The van der Waals surface area contributed by atoms with Crippen LogP contribution in [0.4, 0.5) is 8.78 Å². The highest BCUT2D eigenvalue weighted by atomic mass is 19.1. The quantitative estimate of drug-likeness (QED) is 0.265. The van der Waals surface area contributed by atoms with Gasteiger partial charge in [-0.15, -0.1) is 0 Å². The number of nitrogens with one attached hydrogen (secondary N) is 1. The number of aromatic nitrogens is 3. The molecular formula is C28H29F2N3O6. The molecule has 1 aliphatic rings. The highest BCUT2D eigenvalue weighted by Gasteiger charge is 2.20. The number of halogens is 2. The number of ether oxygens (including phenoxy) is 4. The second-order valence-electron chi connectivity index (χ2n) is 8.76. The standard InChI is InChI=1S/C25H23F2N3O5.C3H6O/c1-30-20-10-15(25(32)34-3)11-21(35-8-7-33-2)24(20)29-22(30)12-14-9-18(27)16(13-17(14)26)19-5-4-6-23(31)28-19;1-2-4-3-1/h4-6,9-11,13H,7-8,12H2,1-3H3,(H,28,31);1-3H2. The highest BCUT2D eigenvalue weighted by Crippen LogP contribution is 2.30. The summed E-state index contributed by atoms with van der Waals surface area (Å²) in [6.07, 6.45) is 1.25. The Labute approximate surface area is 223 Å². The molecule has 5 rings (SSSR count). The third-order valence-electron chi connectivity index (χ3n) is 6.13. The van der Waals surface area contributed by atoms with Gasteiger partial charge in [-0.3, -0.25) is 4.79 Å². The lowest BCUT2D eigenvalue weighted by atomic mass is 10.0. The fourth-order valence-corrected chi connectivity index (χ4v) is 3.89. The van der Waals surface area contributed by atoms with E-state index in [1.807, 2.05) is 0 Å². The van der Waals surface area contributed by atoms with Crippen LogP contribution in [0.2, 0.25) is 0 Å². The van der Waals surface area contributed by atoms with Gasteiger partial charge in [0.15, 0.2) is 0 Å². The number of esters is 1. The van der Waals surface area contributed by atoms with Gasteiger partial charge in [0.05, 0.1) is 30.5 Å². The van der Waals surface area contributed by atoms with Crippen molar-refractivity contribution in [2.75, 3.05) is 40.6 Å². The SMILES string of the molecule is C1COC1.COCCOc1cc(C(=O)OC)cc2c1nc(Cc1cc(F)c(-c3cccc(=O)[nH]3)cc1F)n2C. The summed E-state index contributed by atoms with van der Waals surface area (Å²) in [7, 11) is 4.53. The lowest BCUT2D eigenvalue weighted by Crippen LogP contribution is -2.09. The zero-order valence-electron chi connectivity index (χ0n) is 21.9. The van der Waals surface area contributed by atoms with Crippen LogP contribution < -0.4 is 10.3 Å². The topological polar surface area (TPSA) is 105 Å². The zero-order chi connectivity index (χ0) is 27.9. The second kappa shape index (κ2) is 12.6. The molecule has 1 N–H and O–H groups in total. The van der Waals surface area contributed by atoms with Crippen molar-refractivity contribution < 1.29 is 32.5 Å². The Hall–Kier alpha value is -4.09. The molecule has 0 radical (unpaired) electrons. The molecule has 9 nitrogen and oxygen atoms in total. The first-order chi connectivity index (χ1) is 18.8. The number of hydrogen-bond acceptors (Lipinski definition) is 7. The van der Waals surface area contributed by atoms with E-state index in [0.717, 1.165) is 25.3 Å². The number of aryl methyl sites for hydroxylation is 1. The van der Waals surface area contributed by atoms with E-state index in [-0.39, 0.29) is 35.4 Å². The van der Waals surface area contributed by atoms with E-state index in [1.165, 1.54) is 44.9 Å². The van der Waals surface area contributed by atoms with Crippen molar-refractivity contribution in [2.24, 2.45) is 7.05 Å². The van der Waals surface area contributed by atoms with E-state index in [4.69, 9.17) is 18.9 Å². The van der Waals surface area contributed by atoms with Gasteiger partial charge in [-0.25, -0.2) is 18.6 Å². The summed E-state index contributed by atoms with van der Waals surface area (Å²) in [5, 5.41) is 0. The Morgan fingerprint density at radius 3 is 2.49 bits per heavy atom. The third-order valence-corrected chi connectivity index (χ3v) is 6.13. The van der Waals surface area contributed by atoms with E-state index in [9.17, 15) is 18.4 Å². The molecule has 39 heavy (non-hydrogen) atoms. The Bertz CT molecular complexity index is 1520. The minimum atomic E-state index is -0.682. The molecule has 2 aromatic carbocycles. The van der Waals surface area contributed by atoms with Gasteiger partial charge in [-0.1, -0.05) is 6.07 Å². The van der Waals surface area contributed by atoms with Gasteiger partial charge in [0, 0.05) is 45.4 Å². The molecule has 0 spiro atoms. The van der Waals surface area contributed by atoms with Crippen LogP contribution in [0.25, 0.3) is 22.3 Å². The molecular weight excluding hydrogens is 512 g/mol. The van der Waals surface area contributed by atoms with Gasteiger partial charge in [0.1, 0.15) is 35.3 Å². The molecule has 3 heterocycles. The van der Waals surface area contributed by atoms with Crippen molar-refractivity contribution >= 4 is 17.0 Å². The van der Waals surface area contributed by atoms with E-state index < -0.39 is 23.2 Å². The molecule has 11 heteroatoms. The van der Waals surface area contributed by atoms with E-state index in [2.05, 4.69) is 9.97 Å². The number of fused-ring (bicyclic) bond motifs is 1. The lowest BCUT2D eigenvalue weighted by molar-refractivity contribution is 0.0367. The average molecular weight is 542 g/mol. The summed E-state index contributed by atoms with van der Waals surface area (Å²) < 4.78 is 51.9. The lowest BCUT2D eigenvalue weighted by Gasteiger charge is -2.09. The van der Waals surface area contributed by atoms with Crippen molar-refractivity contribution in [3.63, 3.8) is 0 Å². The molecule has 1 saturated heterocycles. The molecule has 0 unspecified atom stereocenters. The smallest absolute Gasteiger partial charge is 0.338 e. The number of hydrogen-bond donors (Lipinski definition) is 1. The third kappa shape index (κ3) is 6.50. The van der Waals surface area contributed by atoms with Crippen molar-refractivity contribution in [1.29, 1.82) is 0 Å². The van der Waals surface area contributed by atoms with Crippen LogP contribution in [-0.2, 0) is 27.7 Å². The van der Waals surface area contributed by atoms with Gasteiger partial charge in [0.2, 0.25) is 5.56 Å². The number of nitrogens with zero attached hydrogens (tertiary/aromatic N) is 2. The molecule has 0 amide bonds. The van der Waals surface area contributed by atoms with Crippen LogP contribution in [0.3, 0.4) is 0 Å². The minimum Gasteiger partial charge on any atom is -0.489 e. The maximum atomic E-state index is 15.0. The summed E-state index contributed by atoms with van der Waals surface area (Å²) in [5.74, 6) is -1.10. The van der Waals surface area contributed by atoms with Crippen LogP contribution in [-0.4, -0.2) is 61.2 Å². The molecule has 0 atom stereocenters. The molecule has 0 aliphatic carbocycles. The number of imidazole rings is 1. The monoisotopic (exact) mass is 541 g/mol. The number of aromatic amines is 1. The van der Waals surface area contributed by atoms with Crippen molar-refractivity contribution in [3.8, 4) is 17.0 Å². The second-order valence-corrected chi connectivity index (χ2v) is 8.76. The molecule has 0 saturated carbocycles. The number of H-pyrrole nitrogens is 1. The van der Waals surface area contributed by atoms with Gasteiger partial charge < -0.3 is 28.5 Å². The van der Waals surface area contributed by atoms with Crippen LogP contribution in [0.1, 0.15) is 28.2 Å². The molecule has 4 aromatic rings. The van der Waals surface area contributed by atoms with Crippen molar-refractivity contribution in [3.05, 3.63) is 81.4 Å². The fourth-order valence-electron chi connectivity index (χ4n) is 3.89. The Morgan fingerprint density at radius 2 is 1.85 bits per heavy atom. The van der Waals surface area contributed by atoms with Crippen molar-refractivity contribution in [2.45, 2.75) is 12.8 Å². The van der Waals surface area contributed by atoms with E-state index in [0.29, 0.717) is 29.2 Å². The number of carbonyl (C=O) groups is 1. The average Bonchev–Trinajstić information content (AvgIpc) is 3.19. The van der Waals surface area contributed by atoms with Crippen LogP contribution in [0.15, 0.2) is 47.3 Å². The number of methoxy groups -OCH3 is 2. The Morgan fingerprint density at radius 1 is 1.10 bits per heavy atom. The predicted octanol–water partition coefficient (Wildman–Crippen LogP) is 4.02. The van der Waals surface area contributed by atoms with Gasteiger partial charge >= 0.3 is 5.97 Å². The maximum Gasteiger partial charge on any atom is 0.338 e. The fraction of sp³-hybridized carbons (Fsp3) is 0.321. The highest BCUT2D eigenvalue weighted by molar-refractivity contribution is 5.96. The molecule has 206 valence electrons. The molecule has 2 aromatic heterocycles. The Balaban J connectivity index is 0.000000808. The molecule has 1 aliphatic heterocycles. The summed E-state index contributed by atoms with van der Waals surface area (Å²) in [6, 6.07) is 9.51. The molecule has 1 fully saturated rings. The largest absolute Gasteiger partial charge is 0.489 e. The van der Waals surface area contributed by atoms with E-state index in [1.54, 1.807) is 17.7 Å². The van der Waals surface area contributed by atoms with Crippen molar-refractivity contribution in [1.82, 2.24) is 14.5 Å². The Kier molecular flexibility index (Phi) is 9.05. The summed E-state index contributed by atoms with van der Waals surface area (Å²) in [6.45, 7) is 2.55. The van der Waals surface area contributed by atoms with Gasteiger partial charge in [-0.05, 0) is 42.3 Å². The first-order valence-corrected chi connectivity index (χ1v) is 12.3. The van der Waals surface area contributed by atoms with Gasteiger partial charge in [0.25, 0.3) is 0 Å².